The lowest BCUT2D eigenvalue weighted by Crippen LogP contribution is -2.19. The van der Waals surface area contributed by atoms with Crippen LogP contribution in [0.2, 0.25) is 0 Å². The topological polar surface area (TPSA) is 116 Å². The van der Waals surface area contributed by atoms with Crippen LogP contribution in [0.1, 0.15) is 32.8 Å². The molecule has 0 unspecified atom stereocenters. The van der Waals surface area contributed by atoms with Crippen LogP contribution >= 0.6 is 0 Å². The fourth-order valence-corrected chi connectivity index (χ4v) is 3.02. The molecule has 0 heterocycles. The highest BCUT2D eigenvalue weighted by molar-refractivity contribution is 5.83. The molecule has 0 atom stereocenters. The average molecular weight is 497 g/mol. The summed E-state index contributed by atoms with van der Waals surface area (Å²) < 4.78 is 20.7. The van der Waals surface area contributed by atoms with Gasteiger partial charge in [0.1, 0.15) is 18.2 Å². The molecule has 0 saturated heterocycles. The third kappa shape index (κ3) is 10.6. The first kappa shape index (κ1) is 30.1. The van der Waals surface area contributed by atoms with E-state index in [4.69, 9.17) is 14.8 Å². The number of nitrogens with two attached hydrogens (primary N) is 1. The Kier molecular flexibility index (Phi) is 12.7. The molecular weight excluding hydrogens is 459 g/mol. The molecule has 0 saturated carbocycles. The number of amides is 1. The van der Waals surface area contributed by atoms with Crippen LogP contribution in [-0.4, -0.2) is 51.3 Å². The summed E-state index contributed by atoms with van der Waals surface area (Å²) in [6.07, 6.45) is 2.61. The van der Waals surface area contributed by atoms with Crippen molar-refractivity contribution in [2.75, 3.05) is 44.4 Å². The predicted octanol–water partition coefficient (Wildman–Crippen LogP) is 5.02. The van der Waals surface area contributed by atoms with Gasteiger partial charge in [0.25, 0.3) is 0 Å². The van der Waals surface area contributed by atoms with Crippen molar-refractivity contribution in [3.8, 4) is 11.8 Å². The van der Waals surface area contributed by atoms with Crippen LogP contribution in [-0.2, 0) is 4.79 Å². The van der Waals surface area contributed by atoms with Gasteiger partial charge in [-0.1, -0.05) is 6.58 Å². The number of primary amides is 1. The largest absolute Gasteiger partial charge is 0.492 e. The Hall–Kier alpha value is -3.90. The molecule has 0 aromatic heterocycles. The number of halogens is 1. The maximum absolute atomic E-state index is 15.0. The second-order valence-corrected chi connectivity index (χ2v) is 8.83. The van der Waals surface area contributed by atoms with Gasteiger partial charge in [-0.15, -0.1) is 0 Å². The van der Waals surface area contributed by atoms with Crippen molar-refractivity contribution in [3.05, 3.63) is 54.4 Å². The second-order valence-electron chi connectivity index (χ2n) is 8.83. The lowest BCUT2D eigenvalue weighted by Gasteiger charge is -2.17. The first-order valence-electron chi connectivity index (χ1n) is 11.5. The van der Waals surface area contributed by atoms with Crippen LogP contribution in [0, 0.1) is 22.6 Å². The molecular formula is C27H37FN6O2. The van der Waals surface area contributed by atoms with E-state index < -0.39 is 5.82 Å². The standard InChI is InChI=1S/C26H34FN5O.CH3NO/c1-7-29-24-17-22(33-15-14-32(5)6)16-23(27)25(24)19(2)31-21-10-8-20(9-11-21)30-13-12-26(3,4)18-28;2-1-3/h7-11,16-17,30-31H,2,12-15H2,1,3-6H3;1H,(H2,2,3). The molecule has 0 fully saturated rings. The highest BCUT2D eigenvalue weighted by Crippen LogP contribution is 2.33. The van der Waals surface area contributed by atoms with Gasteiger partial charge in [-0.2, -0.15) is 5.26 Å². The Morgan fingerprint density at radius 2 is 1.89 bits per heavy atom. The van der Waals surface area contributed by atoms with Crippen molar-refractivity contribution in [1.29, 1.82) is 5.26 Å². The number of benzene rings is 2. The number of carbonyl (C=O) groups excluding carboxylic acids is 1. The van der Waals surface area contributed by atoms with Gasteiger partial charge in [-0.3, -0.25) is 9.79 Å². The van der Waals surface area contributed by atoms with E-state index >= 15 is 4.39 Å². The monoisotopic (exact) mass is 496 g/mol. The third-order valence-electron chi connectivity index (χ3n) is 4.98. The number of nitrogens with zero attached hydrogens (tertiary/aromatic N) is 3. The molecule has 1 amide bonds. The van der Waals surface area contributed by atoms with E-state index in [-0.39, 0.29) is 11.8 Å². The van der Waals surface area contributed by atoms with Gasteiger partial charge in [-0.05, 0) is 65.6 Å². The Labute approximate surface area is 213 Å². The molecule has 0 aliphatic rings. The summed E-state index contributed by atoms with van der Waals surface area (Å²) in [6.45, 7) is 11.5. The summed E-state index contributed by atoms with van der Waals surface area (Å²) in [5.41, 5.74) is 6.69. The van der Waals surface area contributed by atoms with Crippen LogP contribution < -0.4 is 21.1 Å². The van der Waals surface area contributed by atoms with E-state index in [0.29, 0.717) is 35.8 Å². The summed E-state index contributed by atoms with van der Waals surface area (Å²) in [6, 6.07) is 13.0. The fourth-order valence-electron chi connectivity index (χ4n) is 3.02. The van der Waals surface area contributed by atoms with Gasteiger partial charge < -0.3 is 26.0 Å². The summed E-state index contributed by atoms with van der Waals surface area (Å²) in [4.78, 5) is 14.9. The predicted molar refractivity (Wildman–Crippen MR) is 146 cm³/mol. The molecule has 2 aromatic carbocycles. The molecule has 194 valence electrons. The van der Waals surface area contributed by atoms with E-state index in [1.54, 1.807) is 19.2 Å². The zero-order valence-corrected chi connectivity index (χ0v) is 21.8. The maximum Gasteiger partial charge on any atom is 0.204 e. The second kappa shape index (κ2) is 15.2. The van der Waals surface area contributed by atoms with Crippen molar-refractivity contribution in [1.82, 2.24) is 4.90 Å². The minimum Gasteiger partial charge on any atom is -0.492 e. The van der Waals surface area contributed by atoms with Gasteiger partial charge in [0.2, 0.25) is 6.41 Å². The van der Waals surface area contributed by atoms with Crippen LogP contribution in [0.4, 0.5) is 21.5 Å². The number of anilines is 2. The van der Waals surface area contributed by atoms with Gasteiger partial charge in [0.15, 0.2) is 0 Å². The molecule has 2 aromatic rings. The van der Waals surface area contributed by atoms with Crippen LogP contribution in [0.25, 0.3) is 5.70 Å². The molecule has 0 bridgehead atoms. The average Bonchev–Trinajstić information content (AvgIpc) is 2.80. The highest BCUT2D eigenvalue weighted by atomic mass is 19.1. The first-order chi connectivity index (χ1) is 17.1. The molecule has 0 radical (unpaired) electrons. The third-order valence-corrected chi connectivity index (χ3v) is 4.98. The van der Waals surface area contributed by atoms with Gasteiger partial charge >= 0.3 is 0 Å². The SMILES string of the molecule is C=C(Nc1ccc(NCCC(C)(C)C#N)cc1)c1c(F)cc(OCCN(C)C)cc1N=CC.NC=O. The number of nitrogens with one attached hydrogen (secondary N) is 2. The molecule has 0 spiro atoms. The Balaban J connectivity index is 0.00000205. The number of aliphatic imine (C=N–C) groups is 1. The number of carbonyl (C=O) groups is 1. The molecule has 0 aliphatic heterocycles. The molecule has 8 nitrogen and oxygen atoms in total. The smallest absolute Gasteiger partial charge is 0.204 e. The van der Waals surface area contributed by atoms with Crippen molar-refractivity contribution in [3.63, 3.8) is 0 Å². The number of ether oxygens (including phenoxy) is 1. The van der Waals surface area contributed by atoms with Crippen molar-refractivity contribution < 1.29 is 13.9 Å². The normalized spacial score (nSPS) is 10.8. The van der Waals surface area contributed by atoms with Crippen LogP contribution in [0.15, 0.2) is 48.0 Å². The van der Waals surface area contributed by atoms with Crippen molar-refractivity contribution in [2.24, 2.45) is 16.1 Å². The van der Waals surface area contributed by atoms with Crippen LogP contribution in [0.5, 0.6) is 5.75 Å². The Morgan fingerprint density at radius 1 is 1.28 bits per heavy atom. The number of hydrogen-bond donors (Lipinski definition) is 3. The molecule has 0 aliphatic carbocycles. The maximum atomic E-state index is 15.0. The van der Waals surface area contributed by atoms with Crippen LogP contribution in [0.3, 0.4) is 0 Å². The van der Waals surface area contributed by atoms with E-state index in [2.05, 4.69) is 34.0 Å². The quantitative estimate of drug-likeness (QED) is 0.281. The minimum absolute atomic E-state index is 0.250. The lowest BCUT2D eigenvalue weighted by atomic mass is 9.91. The molecule has 9 heteroatoms. The van der Waals surface area contributed by atoms with E-state index in [1.165, 1.54) is 6.07 Å². The van der Waals surface area contributed by atoms with Gasteiger partial charge in [0.05, 0.1) is 22.7 Å². The number of hydrogen-bond acceptors (Lipinski definition) is 7. The summed E-state index contributed by atoms with van der Waals surface area (Å²) >= 11 is 0. The zero-order chi connectivity index (χ0) is 27.1. The Bertz CT molecular complexity index is 1060. The highest BCUT2D eigenvalue weighted by Gasteiger charge is 2.16. The molecule has 4 N–H and O–H groups in total. The summed E-state index contributed by atoms with van der Waals surface area (Å²) in [7, 11) is 3.90. The fraction of sp³-hybridized carbons (Fsp3) is 0.370. The number of likely N-dealkylation sites (N-methyl/N-ethyl adjacent to an activating group) is 1. The molecule has 2 rings (SSSR count). The minimum atomic E-state index is -0.450. The summed E-state index contributed by atoms with van der Waals surface area (Å²) in [5, 5.41) is 15.6. The summed E-state index contributed by atoms with van der Waals surface area (Å²) in [5.74, 6) is -0.0182. The van der Waals surface area contributed by atoms with Crippen molar-refractivity contribution in [2.45, 2.75) is 27.2 Å². The van der Waals surface area contributed by atoms with E-state index in [1.807, 2.05) is 57.1 Å². The number of nitriles is 1. The zero-order valence-electron chi connectivity index (χ0n) is 21.8. The van der Waals surface area contributed by atoms with Crippen molar-refractivity contribution >= 4 is 35.4 Å². The molecule has 36 heavy (non-hydrogen) atoms. The lowest BCUT2D eigenvalue weighted by molar-refractivity contribution is -0.106. The van der Waals surface area contributed by atoms with Gasteiger partial charge in [0, 0.05) is 48.5 Å². The van der Waals surface area contributed by atoms with Gasteiger partial charge in [-0.25, -0.2) is 4.39 Å². The number of rotatable bonds is 12. The first-order valence-corrected chi connectivity index (χ1v) is 11.5. The van der Waals surface area contributed by atoms with E-state index in [9.17, 15) is 0 Å². The Morgan fingerprint density at radius 3 is 2.44 bits per heavy atom. The van der Waals surface area contributed by atoms with E-state index in [0.717, 1.165) is 24.3 Å².